The third-order valence-corrected chi connectivity index (χ3v) is 3.14. The molecule has 0 saturated carbocycles. The van der Waals surface area contributed by atoms with Crippen molar-refractivity contribution in [1.82, 2.24) is 4.98 Å². The first-order valence-electron chi connectivity index (χ1n) is 4.21. The average molecular weight is 243 g/mol. The van der Waals surface area contributed by atoms with Crippen molar-refractivity contribution in [3.8, 4) is 5.75 Å². The van der Waals surface area contributed by atoms with Crippen molar-refractivity contribution >= 4 is 31.7 Å². The van der Waals surface area contributed by atoms with E-state index in [1.54, 1.807) is 18.2 Å². The highest BCUT2D eigenvalue weighted by molar-refractivity contribution is 7.86. The van der Waals surface area contributed by atoms with E-state index >= 15 is 0 Å². The maximum Gasteiger partial charge on any atom is 0.306 e. The summed E-state index contributed by atoms with van der Waals surface area (Å²) in [5.41, 5.74) is 0.860. The van der Waals surface area contributed by atoms with Crippen molar-refractivity contribution in [2.75, 3.05) is 6.26 Å². The van der Waals surface area contributed by atoms with E-state index in [0.717, 1.165) is 21.5 Å². The summed E-state index contributed by atoms with van der Waals surface area (Å²) in [6.07, 6.45) is 1.02. The molecule has 2 rings (SSSR count). The quantitative estimate of drug-likeness (QED) is 0.756. The van der Waals surface area contributed by atoms with Crippen LogP contribution in [0.1, 0.15) is 5.01 Å². The molecule has 0 fully saturated rings. The van der Waals surface area contributed by atoms with Gasteiger partial charge in [-0.1, -0.05) is 0 Å². The fraction of sp³-hybridized carbons (Fsp3) is 0.222. The molecule has 0 aliphatic rings. The Labute approximate surface area is 91.7 Å². The minimum absolute atomic E-state index is 0.327. The van der Waals surface area contributed by atoms with E-state index in [9.17, 15) is 8.42 Å². The number of aryl methyl sites for hydroxylation is 1. The van der Waals surface area contributed by atoms with Gasteiger partial charge in [-0.2, -0.15) is 8.42 Å². The molecular formula is C9H9NO3S2. The van der Waals surface area contributed by atoms with Gasteiger partial charge in [0.2, 0.25) is 0 Å². The van der Waals surface area contributed by atoms with Crippen LogP contribution in [0.5, 0.6) is 5.75 Å². The molecule has 0 bridgehead atoms. The largest absolute Gasteiger partial charge is 0.383 e. The zero-order valence-corrected chi connectivity index (χ0v) is 9.85. The number of hydrogen-bond donors (Lipinski definition) is 0. The maximum absolute atomic E-state index is 10.9. The van der Waals surface area contributed by atoms with E-state index in [2.05, 4.69) is 4.98 Å². The fourth-order valence-corrected chi connectivity index (χ4v) is 2.56. The summed E-state index contributed by atoms with van der Waals surface area (Å²) in [7, 11) is -3.45. The Kier molecular flexibility index (Phi) is 2.40. The van der Waals surface area contributed by atoms with E-state index in [0.29, 0.717) is 5.75 Å². The number of benzene rings is 1. The van der Waals surface area contributed by atoms with E-state index in [1.165, 1.54) is 11.3 Å². The van der Waals surface area contributed by atoms with Gasteiger partial charge in [-0.25, -0.2) is 4.98 Å². The molecule has 1 aromatic heterocycles. The van der Waals surface area contributed by atoms with Crippen LogP contribution in [-0.4, -0.2) is 19.7 Å². The minimum atomic E-state index is -3.45. The molecular weight excluding hydrogens is 234 g/mol. The number of rotatable bonds is 2. The molecule has 1 heterocycles. The van der Waals surface area contributed by atoms with Crippen LogP contribution in [0.25, 0.3) is 10.2 Å². The summed E-state index contributed by atoms with van der Waals surface area (Å²) in [6, 6.07) is 5.03. The SMILES string of the molecule is Cc1nc2ccc(OS(C)(=O)=O)cc2s1. The molecule has 1 aromatic carbocycles. The van der Waals surface area contributed by atoms with Crippen molar-refractivity contribution in [2.45, 2.75) is 6.92 Å². The Balaban J connectivity index is 2.47. The molecule has 0 unspecified atom stereocenters. The molecule has 15 heavy (non-hydrogen) atoms. The Morgan fingerprint density at radius 3 is 2.80 bits per heavy atom. The van der Waals surface area contributed by atoms with Gasteiger partial charge in [0.25, 0.3) is 0 Å². The van der Waals surface area contributed by atoms with Crippen molar-refractivity contribution in [2.24, 2.45) is 0 Å². The fourth-order valence-electron chi connectivity index (χ4n) is 1.25. The van der Waals surface area contributed by atoms with Gasteiger partial charge in [-0.15, -0.1) is 11.3 Å². The summed E-state index contributed by atoms with van der Waals surface area (Å²) >= 11 is 1.51. The summed E-state index contributed by atoms with van der Waals surface area (Å²) in [6.45, 7) is 1.90. The van der Waals surface area contributed by atoms with Crippen LogP contribution in [0, 0.1) is 6.92 Å². The van der Waals surface area contributed by atoms with Gasteiger partial charge in [0.15, 0.2) is 0 Å². The van der Waals surface area contributed by atoms with Crippen molar-refractivity contribution in [3.63, 3.8) is 0 Å². The van der Waals surface area contributed by atoms with Crippen LogP contribution >= 0.6 is 11.3 Å². The number of fused-ring (bicyclic) bond motifs is 1. The van der Waals surface area contributed by atoms with Gasteiger partial charge in [-0.3, -0.25) is 0 Å². The predicted molar refractivity (Wildman–Crippen MR) is 59.8 cm³/mol. The molecule has 0 atom stereocenters. The van der Waals surface area contributed by atoms with Crippen LogP contribution in [0.15, 0.2) is 18.2 Å². The normalized spacial score (nSPS) is 11.9. The molecule has 80 valence electrons. The smallest absolute Gasteiger partial charge is 0.306 e. The molecule has 0 saturated heterocycles. The second kappa shape index (κ2) is 3.46. The summed E-state index contributed by atoms with van der Waals surface area (Å²) in [5, 5.41) is 0.946. The first-order chi connectivity index (χ1) is 6.94. The van der Waals surface area contributed by atoms with Crippen LogP contribution in [-0.2, 0) is 10.1 Å². The van der Waals surface area contributed by atoms with Crippen LogP contribution < -0.4 is 4.18 Å². The molecule has 0 aliphatic carbocycles. The molecule has 0 N–H and O–H groups in total. The number of aromatic nitrogens is 1. The standard InChI is InChI=1S/C9H9NO3S2/c1-6-10-8-4-3-7(5-9(8)14-6)13-15(2,11)12/h3-5H,1-2H3. The highest BCUT2D eigenvalue weighted by Gasteiger charge is 2.06. The van der Waals surface area contributed by atoms with Gasteiger partial charge < -0.3 is 4.18 Å². The number of thiazole rings is 1. The molecule has 4 nitrogen and oxygen atoms in total. The lowest BCUT2D eigenvalue weighted by Gasteiger charge is -2.01. The predicted octanol–water partition coefficient (Wildman–Crippen LogP) is 1.94. The minimum Gasteiger partial charge on any atom is -0.383 e. The van der Waals surface area contributed by atoms with Gasteiger partial charge in [0, 0.05) is 6.07 Å². The van der Waals surface area contributed by atoms with E-state index in [4.69, 9.17) is 4.18 Å². The number of hydrogen-bond acceptors (Lipinski definition) is 5. The molecule has 0 radical (unpaired) electrons. The Morgan fingerprint density at radius 2 is 2.13 bits per heavy atom. The van der Waals surface area contributed by atoms with E-state index in [-0.39, 0.29) is 0 Å². The molecule has 0 spiro atoms. The van der Waals surface area contributed by atoms with E-state index < -0.39 is 10.1 Å². The zero-order chi connectivity index (χ0) is 11.1. The lowest BCUT2D eigenvalue weighted by molar-refractivity contribution is 0.493. The van der Waals surface area contributed by atoms with Crippen LogP contribution in [0.4, 0.5) is 0 Å². The number of nitrogens with zero attached hydrogens (tertiary/aromatic N) is 1. The molecule has 6 heteroatoms. The highest BCUT2D eigenvalue weighted by atomic mass is 32.2. The highest BCUT2D eigenvalue weighted by Crippen LogP contribution is 2.26. The second-order valence-corrected chi connectivity index (χ2v) is 5.96. The molecule has 2 aromatic rings. The van der Waals surface area contributed by atoms with Gasteiger partial charge in [0.1, 0.15) is 5.75 Å². The summed E-state index contributed by atoms with van der Waals surface area (Å²) in [5.74, 6) is 0.327. The first kappa shape index (κ1) is 10.4. The molecule has 0 aliphatic heterocycles. The van der Waals surface area contributed by atoms with Gasteiger partial charge >= 0.3 is 10.1 Å². The zero-order valence-electron chi connectivity index (χ0n) is 8.22. The van der Waals surface area contributed by atoms with Crippen LogP contribution in [0.3, 0.4) is 0 Å². The third kappa shape index (κ3) is 2.45. The topological polar surface area (TPSA) is 56.3 Å². The maximum atomic E-state index is 10.9. The van der Waals surface area contributed by atoms with Crippen molar-refractivity contribution in [3.05, 3.63) is 23.2 Å². The summed E-state index contributed by atoms with van der Waals surface area (Å²) in [4.78, 5) is 4.26. The second-order valence-electron chi connectivity index (χ2n) is 3.15. The van der Waals surface area contributed by atoms with Crippen molar-refractivity contribution < 1.29 is 12.6 Å². The lowest BCUT2D eigenvalue weighted by Crippen LogP contribution is -2.05. The Bertz CT molecular complexity index is 601. The molecule has 0 amide bonds. The third-order valence-electron chi connectivity index (χ3n) is 1.71. The average Bonchev–Trinajstić information content (AvgIpc) is 2.40. The Hall–Kier alpha value is -1.14. The van der Waals surface area contributed by atoms with Crippen LogP contribution in [0.2, 0.25) is 0 Å². The van der Waals surface area contributed by atoms with Crippen molar-refractivity contribution in [1.29, 1.82) is 0 Å². The first-order valence-corrected chi connectivity index (χ1v) is 6.84. The monoisotopic (exact) mass is 243 g/mol. The summed E-state index contributed by atoms with van der Waals surface area (Å²) < 4.78 is 27.5. The Morgan fingerprint density at radius 1 is 1.40 bits per heavy atom. The van der Waals surface area contributed by atoms with E-state index in [1.807, 2.05) is 6.92 Å². The lowest BCUT2D eigenvalue weighted by atomic mass is 10.3. The van der Waals surface area contributed by atoms with Gasteiger partial charge in [-0.05, 0) is 19.1 Å². The van der Waals surface area contributed by atoms with Gasteiger partial charge in [0.05, 0.1) is 21.5 Å².